The van der Waals surface area contributed by atoms with Crippen LogP contribution in [0.2, 0.25) is 0 Å². The summed E-state index contributed by atoms with van der Waals surface area (Å²) in [5.41, 5.74) is 0. The highest BCUT2D eigenvalue weighted by atomic mass is 16.4. The van der Waals surface area contributed by atoms with Crippen molar-refractivity contribution in [3.05, 3.63) is 24.3 Å². The molecule has 1 aromatic rings. The molecule has 2 heteroatoms. The third-order valence-corrected chi connectivity index (χ3v) is 0.882. The molecule has 0 bridgehead atoms. The van der Waals surface area contributed by atoms with Gasteiger partial charge in [0.05, 0.1) is 0 Å². The smallest absolute Gasteiger partial charge is 0.157 e. The van der Waals surface area contributed by atoms with Crippen molar-refractivity contribution in [1.29, 1.82) is 0 Å². The molecule has 42 valence electrons. The number of aromatic hydroxyl groups is 2. The first kappa shape index (κ1) is 4.97. The second-order valence-electron chi connectivity index (χ2n) is 1.49. The van der Waals surface area contributed by atoms with Gasteiger partial charge in [0.1, 0.15) is 0 Å². The van der Waals surface area contributed by atoms with Gasteiger partial charge in [0.25, 0.3) is 0 Å². The summed E-state index contributed by atoms with van der Waals surface area (Å²) in [7, 11) is 0. The molecule has 1 aromatic carbocycles. The Morgan fingerprint density at radius 2 is 1.25 bits per heavy atom. The molecule has 0 aliphatic rings. The van der Waals surface area contributed by atoms with Crippen LogP contribution in [-0.4, -0.2) is 10.2 Å². The van der Waals surface area contributed by atoms with Crippen LogP contribution in [0.4, 0.5) is 0 Å². The van der Waals surface area contributed by atoms with Gasteiger partial charge in [-0.3, -0.25) is 0 Å². The Kier molecular flexibility index (Phi) is 1.08. The van der Waals surface area contributed by atoms with Crippen LogP contribution in [0.5, 0.6) is 11.5 Å². The summed E-state index contributed by atoms with van der Waals surface area (Å²) in [5.74, 6) is -0.153. The van der Waals surface area contributed by atoms with Gasteiger partial charge in [0.2, 0.25) is 0 Å². The van der Waals surface area contributed by atoms with E-state index in [1.54, 1.807) is 12.1 Å². The zero-order valence-electron chi connectivity index (χ0n) is 4.20. The molecule has 0 spiro atoms. The predicted molar refractivity (Wildman–Crippen MR) is 29.8 cm³/mol. The van der Waals surface area contributed by atoms with Crippen molar-refractivity contribution in [1.82, 2.24) is 0 Å². The second kappa shape index (κ2) is 1.74. The van der Waals surface area contributed by atoms with E-state index in [2.05, 4.69) is 0 Å². The first-order valence-electron chi connectivity index (χ1n) is 2.27. The second-order valence-corrected chi connectivity index (χ2v) is 1.49. The van der Waals surface area contributed by atoms with Crippen molar-refractivity contribution in [2.75, 3.05) is 0 Å². The predicted octanol–water partition coefficient (Wildman–Crippen LogP) is 1.10. The van der Waals surface area contributed by atoms with Crippen molar-refractivity contribution in [2.24, 2.45) is 0 Å². The Hall–Kier alpha value is -1.18. The van der Waals surface area contributed by atoms with Gasteiger partial charge in [-0.05, 0) is 12.1 Å². The number of phenolic OH excluding ortho intramolecular Hbond substituents is 2. The Bertz CT molecular complexity index is 163. The van der Waals surface area contributed by atoms with Gasteiger partial charge in [0, 0.05) is 0 Å². The number of phenols is 2. The quantitative estimate of drug-likeness (QED) is 0.498. The van der Waals surface area contributed by atoms with Crippen LogP contribution in [0.25, 0.3) is 0 Å². The molecule has 0 unspecified atom stereocenters. The molecule has 2 nitrogen and oxygen atoms in total. The van der Waals surface area contributed by atoms with E-state index in [4.69, 9.17) is 10.2 Å². The molecule has 0 saturated carbocycles. The number of para-hydroxylation sites is 2. The number of hydrogen-bond donors (Lipinski definition) is 2. The molecule has 0 amide bonds. The summed E-state index contributed by atoms with van der Waals surface area (Å²) in [4.78, 5) is 0. The maximum Gasteiger partial charge on any atom is 0.157 e. The van der Waals surface area contributed by atoms with Crippen molar-refractivity contribution in [3.63, 3.8) is 0 Å². The summed E-state index contributed by atoms with van der Waals surface area (Å²) in [6.07, 6.45) is 0. The topological polar surface area (TPSA) is 40.5 Å². The summed E-state index contributed by atoms with van der Waals surface area (Å²) < 4.78 is 0. The lowest BCUT2D eigenvalue weighted by Crippen LogP contribution is -1.63. The van der Waals surface area contributed by atoms with E-state index in [-0.39, 0.29) is 11.5 Å². The van der Waals surface area contributed by atoms with Gasteiger partial charge in [-0.1, -0.05) is 12.1 Å². The van der Waals surface area contributed by atoms with Crippen molar-refractivity contribution < 1.29 is 10.2 Å². The van der Waals surface area contributed by atoms with Crippen LogP contribution in [0, 0.1) is 0 Å². The Labute approximate surface area is 47.0 Å². The molecular weight excluding hydrogens is 110 g/mol. The molecule has 2 N–H and O–H groups in total. The molecule has 0 atom stereocenters. The molecule has 0 heterocycles. The van der Waals surface area contributed by atoms with Crippen LogP contribution < -0.4 is 0 Å². The molecule has 0 aromatic heterocycles. The monoisotopic (exact) mass is 116 g/mol. The molecule has 8 heavy (non-hydrogen) atoms. The van der Waals surface area contributed by atoms with Crippen molar-refractivity contribution in [3.8, 4) is 11.5 Å². The number of hydrogen-bond acceptors (Lipinski definition) is 2. The summed E-state index contributed by atoms with van der Waals surface area (Å²) >= 11 is 0. The molecule has 0 radical (unpaired) electrons. The van der Waals surface area contributed by atoms with Gasteiger partial charge in [0.15, 0.2) is 11.5 Å². The van der Waals surface area contributed by atoms with Crippen LogP contribution in [-0.2, 0) is 0 Å². The summed E-state index contributed by atoms with van der Waals surface area (Å²) in [6, 6.07) is 6.15. The average molecular weight is 116 g/mol. The van der Waals surface area contributed by atoms with Crippen LogP contribution in [0.1, 0.15) is 0 Å². The molecule has 0 aliphatic heterocycles. The zero-order valence-corrected chi connectivity index (χ0v) is 4.20. The molecule has 0 aliphatic carbocycles. The highest BCUT2D eigenvalue weighted by molar-refractivity contribution is 5.36. The first-order chi connectivity index (χ1) is 3.80. The van der Waals surface area contributed by atoms with E-state index in [1.165, 1.54) is 12.1 Å². The van der Waals surface area contributed by atoms with E-state index in [0.29, 0.717) is 0 Å². The third kappa shape index (κ3) is 0.729. The number of rotatable bonds is 0. The minimum atomic E-state index is -0.0764. The number of benzene rings is 1. The van der Waals surface area contributed by atoms with Gasteiger partial charge in [-0.15, -0.1) is 0 Å². The normalized spacial score (nSPS) is 9.00. The molecular formula is C6H6O2. The SMILES string of the molecule is O[13c]1[13cH][13cH][13cH][13cH][13c]1O. The standard InChI is InChI=1S/C6H6O2/c7-5-3-1-2-4-6(5)8/h1-4,7-8H/i1+1,2+1,3+1,4+1,5+1,6+1. The van der Waals surface area contributed by atoms with Crippen LogP contribution in [0.15, 0.2) is 24.3 Å². The highest BCUT2D eigenvalue weighted by Gasteiger charge is 1.90. The minimum absolute atomic E-state index is 0.0764. The minimum Gasteiger partial charge on any atom is -0.504 e. The van der Waals surface area contributed by atoms with Crippen LogP contribution in [0.3, 0.4) is 0 Å². The summed E-state index contributed by atoms with van der Waals surface area (Å²) in [6.45, 7) is 0. The lowest BCUT2D eigenvalue weighted by Gasteiger charge is -1.91. The fourth-order valence-electron chi connectivity index (χ4n) is 0.464. The zero-order chi connectivity index (χ0) is 5.98. The fourth-order valence-corrected chi connectivity index (χ4v) is 0.464. The van der Waals surface area contributed by atoms with Crippen LogP contribution >= 0.6 is 0 Å². The molecule has 0 saturated heterocycles. The Morgan fingerprint density at radius 3 is 1.50 bits per heavy atom. The Balaban J connectivity index is 3.13. The van der Waals surface area contributed by atoms with Gasteiger partial charge < -0.3 is 10.2 Å². The van der Waals surface area contributed by atoms with E-state index in [9.17, 15) is 0 Å². The molecule has 0 fully saturated rings. The maximum absolute atomic E-state index is 8.67. The summed E-state index contributed by atoms with van der Waals surface area (Å²) in [5, 5.41) is 17.3. The van der Waals surface area contributed by atoms with E-state index in [0.717, 1.165) is 0 Å². The van der Waals surface area contributed by atoms with E-state index in [1.807, 2.05) is 0 Å². The van der Waals surface area contributed by atoms with E-state index >= 15 is 0 Å². The largest absolute Gasteiger partial charge is 0.504 e. The maximum atomic E-state index is 8.67. The fraction of sp³-hybridized carbons (Fsp3) is 0. The lowest BCUT2D eigenvalue weighted by atomic mass is 11.3. The van der Waals surface area contributed by atoms with Gasteiger partial charge >= 0.3 is 0 Å². The van der Waals surface area contributed by atoms with Crippen molar-refractivity contribution >= 4 is 0 Å². The first-order valence-corrected chi connectivity index (χ1v) is 2.27. The average Bonchev–Trinajstić information content (AvgIpc) is 1.77. The Morgan fingerprint density at radius 1 is 0.875 bits per heavy atom. The highest BCUT2D eigenvalue weighted by Crippen LogP contribution is 2.21. The lowest BCUT2D eigenvalue weighted by molar-refractivity contribution is 0.404. The van der Waals surface area contributed by atoms with Gasteiger partial charge in [-0.2, -0.15) is 0 Å². The van der Waals surface area contributed by atoms with Gasteiger partial charge in [-0.25, -0.2) is 0 Å². The molecule has 1 rings (SSSR count). The third-order valence-electron chi connectivity index (χ3n) is 0.882. The van der Waals surface area contributed by atoms with Crippen molar-refractivity contribution in [2.45, 2.75) is 0 Å². The van der Waals surface area contributed by atoms with E-state index < -0.39 is 0 Å².